The largest absolute Gasteiger partial charge is 0.374 e. The summed E-state index contributed by atoms with van der Waals surface area (Å²) < 4.78 is 5.71. The van der Waals surface area contributed by atoms with Gasteiger partial charge < -0.3 is 15.4 Å². The Morgan fingerprint density at radius 2 is 2.20 bits per heavy atom. The van der Waals surface area contributed by atoms with Crippen molar-refractivity contribution in [3.05, 3.63) is 0 Å². The highest BCUT2D eigenvalue weighted by atomic mass is 16.5. The molecule has 0 bridgehead atoms. The number of hydrogen-bond donors (Lipinski definition) is 2. The van der Waals surface area contributed by atoms with Crippen LogP contribution in [0.15, 0.2) is 0 Å². The Kier molecular flexibility index (Phi) is 5.58. The highest BCUT2D eigenvalue weighted by Crippen LogP contribution is 2.23. The maximum Gasteiger partial charge on any atom is 0.0779 e. The first kappa shape index (κ1) is 12.9. The topological polar surface area (TPSA) is 33.3 Å². The first-order valence-electron chi connectivity index (χ1n) is 6.24. The molecule has 1 rings (SSSR count). The van der Waals surface area contributed by atoms with Crippen LogP contribution in [0, 0.1) is 0 Å². The molecule has 1 fully saturated rings. The summed E-state index contributed by atoms with van der Waals surface area (Å²) in [4.78, 5) is 0. The summed E-state index contributed by atoms with van der Waals surface area (Å²) in [5.74, 6) is 0. The van der Waals surface area contributed by atoms with Crippen molar-refractivity contribution in [2.75, 3.05) is 26.2 Å². The van der Waals surface area contributed by atoms with Gasteiger partial charge in [-0.3, -0.25) is 0 Å². The fourth-order valence-electron chi connectivity index (χ4n) is 1.88. The van der Waals surface area contributed by atoms with Gasteiger partial charge in [-0.15, -0.1) is 0 Å². The van der Waals surface area contributed by atoms with E-state index in [2.05, 4.69) is 31.4 Å². The van der Waals surface area contributed by atoms with Crippen molar-refractivity contribution in [1.82, 2.24) is 10.6 Å². The molecule has 0 aromatic heterocycles. The van der Waals surface area contributed by atoms with Crippen LogP contribution in [0.25, 0.3) is 0 Å². The average Bonchev–Trinajstić information content (AvgIpc) is 2.64. The zero-order valence-electron chi connectivity index (χ0n) is 10.4. The van der Waals surface area contributed by atoms with E-state index in [1.54, 1.807) is 0 Å². The van der Waals surface area contributed by atoms with Crippen LogP contribution >= 0.6 is 0 Å². The molecule has 1 aliphatic rings. The van der Waals surface area contributed by atoms with Crippen molar-refractivity contribution in [3.63, 3.8) is 0 Å². The van der Waals surface area contributed by atoms with E-state index in [0.29, 0.717) is 6.04 Å². The smallest absolute Gasteiger partial charge is 0.0779 e. The predicted octanol–water partition coefficient (Wildman–Crippen LogP) is 1.53. The molecule has 0 aliphatic carbocycles. The Bertz CT molecular complexity index is 167. The lowest BCUT2D eigenvalue weighted by Crippen LogP contribution is -2.40. The molecule has 2 N–H and O–H groups in total. The van der Waals surface area contributed by atoms with E-state index < -0.39 is 0 Å². The van der Waals surface area contributed by atoms with E-state index >= 15 is 0 Å². The van der Waals surface area contributed by atoms with Crippen molar-refractivity contribution in [3.8, 4) is 0 Å². The van der Waals surface area contributed by atoms with Crippen LogP contribution in [-0.4, -0.2) is 37.9 Å². The molecule has 2 unspecified atom stereocenters. The number of nitrogens with one attached hydrogen (secondary N) is 2. The Labute approximate surface area is 94.0 Å². The highest BCUT2D eigenvalue weighted by molar-refractivity contribution is 4.82. The van der Waals surface area contributed by atoms with Crippen LogP contribution < -0.4 is 10.6 Å². The van der Waals surface area contributed by atoms with Crippen molar-refractivity contribution in [2.45, 2.75) is 51.7 Å². The van der Waals surface area contributed by atoms with Crippen LogP contribution in [0.4, 0.5) is 0 Å². The van der Waals surface area contributed by atoms with Crippen LogP contribution in [-0.2, 0) is 4.74 Å². The van der Waals surface area contributed by atoms with Gasteiger partial charge in [-0.05, 0) is 33.1 Å². The molecule has 3 nitrogen and oxygen atoms in total. The SMILES string of the molecule is CCC(C)NCCNCC1(C)CCCO1. The van der Waals surface area contributed by atoms with Gasteiger partial charge in [-0.2, -0.15) is 0 Å². The second kappa shape index (κ2) is 6.46. The average molecular weight is 214 g/mol. The Morgan fingerprint density at radius 3 is 2.80 bits per heavy atom. The molecule has 0 spiro atoms. The Morgan fingerprint density at radius 1 is 1.40 bits per heavy atom. The minimum absolute atomic E-state index is 0.0936. The third-order valence-electron chi connectivity index (χ3n) is 3.21. The van der Waals surface area contributed by atoms with Crippen LogP contribution in [0.1, 0.15) is 40.0 Å². The molecule has 0 saturated carbocycles. The molecule has 0 aromatic carbocycles. The van der Waals surface area contributed by atoms with Gasteiger partial charge in [-0.25, -0.2) is 0 Å². The van der Waals surface area contributed by atoms with Gasteiger partial charge in [0.1, 0.15) is 0 Å². The Balaban J connectivity index is 1.97. The summed E-state index contributed by atoms with van der Waals surface area (Å²) in [6.45, 7) is 10.6. The number of rotatable bonds is 7. The molecule has 2 atom stereocenters. The lowest BCUT2D eigenvalue weighted by molar-refractivity contribution is 0.0211. The van der Waals surface area contributed by atoms with Crippen molar-refractivity contribution in [1.29, 1.82) is 0 Å². The predicted molar refractivity (Wildman–Crippen MR) is 64.2 cm³/mol. The van der Waals surface area contributed by atoms with E-state index in [-0.39, 0.29) is 5.60 Å². The monoisotopic (exact) mass is 214 g/mol. The maximum atomic E-state index is 5.71. The lowest BCUT2D eigenvalue weighted by atomic mass is 10.0. The summed E-state index contributed by atoms with van der Waals surface area (Å²) in [6, 6.07) is 0.630. The van der Waals surface area contributed by atoms with Crippen LogP contribution in [0.3, 0.4) is 0 Å². The molecular formula is C12H26N2O. The molecule has 0 radical (unpaired) electrons. The molecule has 0 aromatic rings. The van der Waals surface area contributed by atoms with Gasteiger partial charge in [0.05, 0.1) is 5.60 Å². The van der Waals surface area contributed by atoms with E-state index in [1.807, 2.05) is 0 Å². The molecule has 0 amide bonds. The zero-order chi connectivity index (χ0) is 11.1. The van der Waals surface area contributed by atoms with Crippen LogP contribution in [0.5, 0.6) is 0 Å². The third-order valence-corrected chi connectivity index (χ3v) is 3.21. The summed E-state index contributed by atoms with van der Waals surface area (Å²) in [7, 11) is 0. The van der Waals surface area contributed by atoms with Crippen LogP contribution in [0.2, 0.25) is 0 Å². The minimum atomic E-state index is 0.0936. The van der Waals surface area contributed by atoms with Gasteiger partial charge in [0.15, 0.2) is 0 Å². The highest BCUT2D eigenvalue weighted by Gasteiger charge is 2.28. The van der Waals surface area contributed by atoms with Crippen molar-refractivity contribution >= 4 is 0 Å². The van der Waals surface area contributed by atoms with Gasteiger partial charge in [0.2, 0.25) is 0 Å². The zero-order valence-corrected chi connectivity index (χ0v) is 10.4. The van der Waals surface area contributed by atoms with Gasteiger partial charge in [0, 0.05) is 32.3 Å². The minimum Gasteiger partial charge on any atom is -0.374 e. The van der Waals surface area contributed by atoms with E-state index in [1.165, 1.54) is 19.3 Å². The fraction of sp³-hybridized carbons (Fsp3) is 1.00. The summed E-state index contributed by atoms with van der Waals surface area (Å²) in [5.41, 5.74) is 0.0936. The first-order valence-corrected chi connectivity index (χ1v) is 6.24. The Hall–Kier alpha value is -0.120. The normalized spacial score (nSPS) is 28.2. The second-order valence-electron chi connectivity index (χ2n) is 4.84. The second-order valence-corrected chi connectivity index (χ2v) is 4.84. The van der Waals surface area contributed by atoms with Crippen molar-refractivity contribution in [2.24, 2.45) is 0 Å². The van der Waals surface area contributed by atoms with Crippen molar-refractivity contribution < 1.29 is 4.74 Å². The fourth-order valence-corrected chi connectivity index (χ4v) is 1.88. The van der Waals surface area contributed by atoms with Gasteiger partial charge in [0.25, 0.3) is 0 Å². The maximum absolute atomic E-state index is 5.71. The molecular weight excluding hydrogens is 188 g/mol. The first-order chi connectivity index (χ1) is 7.16. The molecule has 3 heteroatoms. The number of hydrogen-bond acceptors (Lipinski definition) is 3. The molecule has 15 heavy (non-hydrogen) atoms. The molecule has 90 valence electrons. The quantitative estimate of drug-likeness (QED) is 0.631. The lowest BCUT2D eigenvalue weighted by Gasteiger charge is -2.23. The van der Waals surface area contributed by atoms with E-state index in [9.17, 15) is 0 Å². The summed E-state index contributed by atoms with van der Waals surface area (Å²) in [5, 5.41) is 6.93. The third kappa shape index (κ3) is 4.96. The van der Waals surface area contributed by atoms with Gasteiger partial charge in [-0.1, -0.05) is 6.92 Å². The molecule has 1 heterocycles. The number of ether oxygens (including phenoxy) is 1. The van der Waals surface area contributed by atoms with Gasteiger partial charge >= 0.3 is 0 Å². The molecule has 1 aliphatic heterocycles. The molecule has 1 saturated heterocycles. The standard InChI is InChI=1S/C12H26N2O/c1-4-11(2)14-8-7-13-10-12(3)6-5-9-15-12/h11,13-14H,4-10H2,1-3H3. The summed E-state index contributed by atoms with van der Waals surface area (Å²) in [6.07, 6.45) is 3.60. The summed E-state index contributed by atoms with van der Waals surface area (Å²) >= 11 is 0. The van der Waals surface area contributed by atoms with E-state index in [0.717, 1.165) is 26.2 Å². The van der Waals surface area contributed by atoms with E-state index in [4.69, 9.17) is 4.74 Å².